The average Bonchev–Trinajstić information content (AvgIpc) is 3.19. The molecule has 0 fully saturated rings. The summed E-state index contributed by atoms with van der Waals surface area (Å²) in [6.07, 6.45) is 5.19. The van der Waals surface area contributed by atoms with Crippen molar-refractivity contribution in [1.29, 1.82) is 0 Å². The molecule has 1 N–H and O–H groups in total. The highest BCUT2D eigenvalue weighted by Gasteiger charge is 2.29. The number of nitrogens with zero attached hydrogens (tertiary/aromatic N) is 3. The Morgan fingerprint density at radius 2 is 2.06 bits per heavy atom. The molecule has 0 saturated carbocycles. The number of hydrogen-bond acceptors (Lipinski definition) is 8. The third kappa shape index (κ3) is 5.22. The van der Waals surface area contributed by atoms with Crippen molar-refractivity contribution in [2.24, 2.45) is 10.1 Å². The van der Waals surface area contributed by atoms with Crippen molar-refractivity contribution in [3.05, 3.63) is 58.1 Å². The van der Waals surface area contributed by atoms with Crippen LogP contribution in [0.15, 0.2) is 45.9 Å². The summed E-state index contributed by atoms with van der Waals surface area (Å²) in [7, 11) is 1.33. The molecule has 1 heterocycles. The Hall–Kier alpha value is -3.26. The third-order valence-corrected chi connectivity index (χ3v) is 5.66. The van der Waals surface area contributed by atoms with Crippen LogP contribution in [-0.2, 0) is 20.7 Å². The molecule has 0 saturated heterocycles. The molecule has 0 bridgehead atoms. The molecule has 8 nitrogen and oxygen atoms in total. The lowest BCUT2D eigenvalue weighted by Crippen LogP contribution is -2.32. The quantitative estimate of drug-likeness (QED) is 0.521. The van der Waals surface area contributed by atoms with Crippen LogP contribution < -0.4 is 5.32 Å². The van der Waals surface area contributed by atoms with Gasteiger partial charge in [-0.25, -0.2) is 19.6 Å². The monoisotopic (exact) mass is 452 g/mol. The molecule has 1 aromatic rings. The van der Waals surface area contributed by atoms with E-state index >= 15 is 0 Å². The number of carbonyl (C=O) groups excluding carboxylic acids is 2. The van der Waals surface area contributed by atoms with E-state index in [1.54, 1.807) is 17.2 Å². The number of esters is 2. The van der Waals surface area contributed by atoms with Gasteiger partial charge in [0, 0.05) is 19.3 Å². The minimum absolute atomic E-state index is 0.105. The smallest absolute Gasteiger partial charge is 0.356 e. The fraction of sp³-hybridized carbons (Fsp3) is 0.440. The number of nitrogens with one attached hydrogen (secondary N) is 1. The number of carbonyl (C=O) groups is 2. The Labute approximate surface area is 195 Å². The summed E-state index contributed by atoms with van der Waals surface area (Å²) < 4.78 is 10.4. The summed E-state index contributed by atoms with van der Waals surface area (Å²) in [5, 5.41) is 9.22. The molecule has 1 atom stereocenters. The molecule has 33 heavy (non-hydrogen) atoms. The molecular weight excluding hydrogens is 420 g/mol. The molecule has 3 rings (SSSR count). The van der Waals surface area contributed by atoms with Gasteiger partial charge in [0.1, 0.15) is 11.4 Å². The van der Waals surface area contributed by atoms with Crippen molar-refractivity contribution >= 4 is 24.4 Å². The first kappa shape index (κ1) is 24.4. The van der Waals surface area contributed by atoms with Gasteiger partial charge in [-0.1, -0.05) is 6.07 Å². The van der Waals surface area contributed by atoms with Crippen molar-refractivity contribution in [1.82, 2.24) is 10.3 Å². The van der Waals surface area contributed by atoms with Gasteiger partial charge in [0.25, 0.3) is 0 Å². The van der Waals surface area contributed by atoms with E-state index < -0.39 is 11.6 Å². The number of aliphatic imine (C=N–C) groups is 1. The highest BCUT2D eigenvalue weighted by Crippen LogP contribution is 2.35. The summed E-state index contributed by atoms with van der Waals surface area (Å²) in [5.74, 6) is -0.297. The van der Waals surface area contributed by atoms with Gasteiger partial charge in [-0.3, -0.25) is 0 Å². The van der Waals surface area contributed by atoms with Gasteiger partial charge in [-0.05, 0) is 82.4 Å². The highest BCUT2D eigenvalue weighted by atomic mass is 16.6. The highest BCUT2D eigenvalue weighted by molar-refractivity contribution is 6.41. The molecule has 1 unspecified atom stereocenters. The first-order valence-corrected chi connectivity index (χ1v) is 11.0. The minimum atomic E-state index is -0.538. The molecule has 8 heteroatoms. The van der Waals surface area contributed by atoms with E-state index in [-0.39, 0.29) is 17.7 Å². The topological polar surface area (TPSA) is 92.6 Å². The second-order valence-electron chi connectivity index (χ2n) is 9.00. The Morgan fingerprint density at radius 1 is 1.33 bits per heavy atom. The van der Waals surface area contributed by atoms with Gasteiger partial charge >= 0.3 is 11.9 Å². The van der Waals surface area contributed by atoms with Gasteiger partial charge < -0.3 is 14.8 Å². The first-order chi connectivity index (χ1) is 15.6. The Bertz CT molecular complexity index is 1060. The number of hydrazone groups is 1. The van der Waals surface area contributed by atoms with Crippen LogP contribution in [0.2, 0.25) is 0 Å². The fourth-order valence-electron chi connectivity index (χ4n) is 4.13. The van der Waals surface area contributed by atoms with E-state index in [1.165, 1.54) is 18.2 Å². The third-order valence-electron chi connectivity index (χ3n) is 5.66. The standard InChI is InChI=1S/C25H32N4O4/c1-8-22-28-21(24(31)32-7)13-16(29(22)26-6)14-27-20-12-11-17-15(2)18(9-10-19(17)20)23(30)33-25(3,4)5/h8-10,13,20,27H,6,11-12,14H2,1-5,7H3/b22-8-. The van der Waals surface area contributed by atoms with Gasteiger partial charge in [0.2, 0.25) is 0 Å². The van der Waals surface area contributed by atoms with Gasteiger partial charge in [-0.2, -0.15) is 5.10 Å². The van der Waals surface area contributed by atoms with E-state index in [2.05, 4.69) is 22.1 Å². The second-order valence-corrected chi connectivity index (χ2v) is 9.00. The van der Waals surface area contributed by atoms with Crippen molar-refractivity contribution in [3.8, 4) is 0 Å². The SMILES string of the molecule is C=NN1C(CNC2CCc3c2ccc(C(=O)OC(C)(C)C)c3C)=CC(C(=O)OC)=N/C1=C/C. The Kier molecular flexibility index (Phi) is 7.17. The van der Waals surface area contributed by atoms with Crippen LogP contribution in [0.1, 0.15) is 67.2 Å². The summed E-state index contributed by atoms with van der Waals surface area (Å²) in [5.41, 5.74) is 4.34. The maximum Gasteiger partial charge on any atom is 0.356 e. The zero-order valence-electron chi connectivity index (χ0n) is 20.2. The first-order valence-electron chi connectivity index (χ1n) is 11.0. The summed E-state index contributed by atoms with van der Waals surface area (Å²) in [6.45, 7) is 13.5. The van der Waals surface area contributed by atoms with Crippen LogP contribution in [0.3, 0.4) is 0 Å². The summed E-state index contributed by atoms with van der Waals surface area (Å²) in [6, 6.07) is 3.96. The lowest BCUT2D eigenvalue weighted by atomic mass is 9.97. The Morgan fingerprint density at radius 3 is 2.67 bits per heavy atom. The van der Waals surface area contributed by atoms with Gasteiger partial charge in [0.05, 0.1) is 18.4 Å². The van der Waals surface area contributed by atoms with Crippen molar-refractivity contribution < 1.29 is 19.1 Å². The Balaban J connectivity index is 1.80. The normalized spacial score (nSPS) is 19.0. The minimum Gasteiger partial charge on any atom is -0.464 e. The number of hydrogen-bond donors (Lipinski definition) is 1. The molecule has 1 aliphatic carbocycles. The van der Waals surface area contributed by atoms with Gasteiger partial charge in [-0.15, -0.1) is 0 Å². The predicted octanol–water partition coefficient (Wildman–Crippen LogP) is 3.82. The van der Waals surface area contributed by atoms with E-state index in [1.807, 2.05) is 46.8 Å². The zero-order valence-corrected chi connectivity index (χ0v) is 20.2. The lowest BCUT2D eigenvalue weighted by Gasteiger charge is -2.27. The van der Waals surface area contributed by atoms with Crippen molar-refractivity contribution in [2.75, 3.05) is 13.7 Å². The van der Waals surface area contributed by atoms with Crippen LogP contribution in [0.5, 0.6) is 0 Å². The maximum absolute atomic E-state index is 12.6. The molecule has 0 radical (unpaired) electrons. The zero-order chi connectivity index (χ0) is 24.3. The summed E-state index contributed by atoms with van der Waals surface area (Å²) in [4.78, 5) is 29.0. The van der Waals surface area contributed by atoms with E-state index in [4.69, 9.17) is 9.47 Å². The molecule has 0 amide bonds. The van der Waals surface area contributed by atoms with E-state index in [0.29, 0.717) is 17.9 Å². The lowest BCUT2D eigenvalue weighted by molar-refractivity contribution is -0.132. The number of ether oxygens (including phenoxy) is 2. The molecule has 1 aliphatic heterocycles. The van der Waals surface area contributed by atoms with Crippen LogP contribution in [0.4, 0.5) is 0 Å². The molecule has 0 spiro atoms. The largest absolute Gasteiger partial charge is 0.464 e. The number of rotatable bonds is 6. The molecule has 2 aliphatic rings. The second kappa shape index (κ2) is 9.70. The maximum atomic E-state index is 12.6. The molecular formula is C25H32N4O4. The van der Waals surface area contributed by atoms with Crippen LogP contribution in [0, 0.1) is 6.92 Å². The van der Waals surface area contributed by atoms with Crippen molar-refractivity contribution in [2.45, 2.75) is 59.1 Å². The van der Waals surface area contributed by atoms with Crippen LogP contribution >= 0.6 is 0 Å². The predicted molar refractivity (Wildman–Crippen MR) is 128 cm³/mol. The van der Waals surface area contributed by atoms with Gasteiger partial charge in [0.15, 0.2) is 5.71 Å². The fourth-order valence-corrected chi connectivity index (χ4v) is 4.13. The molecule has 0 aromatic heterocycles. The number of fused-ring (bicyclic) bond motifs is 1. The van der Waals surface area contributed by atoms with E-state index in [9.17, 15) is 9.59 Å². The molecule has 1 aromatic carbocycles. The number of methoxy groups -OCH3 is 1. The number of allylic oxidation sites excluding steroid dienone is 1. The average molecular weight is 453 g/mol. The number of benzene rings is 1. The van der Waals surface area contributed by atoms with Crippen LogP contribution in [-0.4, -0.2) is 48.6 Å². The summed E-state index contributed by atoms with van der Waals surface area (Å²) >= 11 is 0. The van der Waals surface area contributed by atoms with Crippen LogP contribution in [0.25, 0.3) is 0 Å². The van der Waals surface area contributed by atoms with Crippen molar-refractivity contribution in [3.63, 3.8) is 0 Å². The molecule has 176 valence electrons. The van der Waals surface area contributed by atoms with E-state index in [0.717, 1.165) is 24.1 Å².